The average Bonchev–Trinajstić information content (AvgIpc) is 2.65. The van der Waals surface area contributed by atoms with Gasteiger partial charge in [0.2, 0.25) is 0 Å². The van der Waals surface area contributed by atoms with Crippen LogP contribution in [0.3, 0.4) is 0 Å². The van der Waals surface area contributed by atoms with Gasteiger partial charge >= 0.3 is 6.18 Å². The lowest BCUT2D eigenvalue weighted by atomic mass is 9.70. The fraction of sp³-hybridized carbons (Fsp3) is 0.571. The van der Waals surface area contributed by atoms with E-state index in [4.69, 9.17) is 0 Å². The summed E-state index contributed by atoms with van der Waals surface area (Å²) in [5.41, 5.74) is 0.247. The summed E-state index contributed by atoms with van der Waals surface area (Å²) in [6, 6.07) is 0. The standard InChI is InChI=1S/C14H16F3N3O/c1-6-9-11(14(15,16)17)10-7(18-12(9)20-19-6)4-13(2,3)5-8(10)21/h11H,4-5H2,1-3H3,(H2,18,19,20). The number of nitrogens with one attached hydrogen (secondary N) is 2. The first-order chi connectivity index (χ1) is 9.60. The Hall–Kier alpha value is -1.79. The number of hydrogen-bond donors (Lipinski definition) is 2. The fourth-order valence-corrected chi connectivity index (χ4v) is 3.28. The lowest BCUT2D eigenvalue weighted by Crippen LogP contribution is -2.38. The number of halogens is 3. The molecule has 2 N–H and O–H groups in total. The number of Topliss-reactive ketones (excluding diaryl/α,β-unsaturated/α-hetero) is 1. The summed E-state index contributed by atoms with van der Waals surface area (Å²) in [6.45, 7) is 5.30. The van der Waals surface area contributed by atoms with Gasteiger partial charge in [-0.15, -0.1) is 0 Å². The maximum absolute atomic E-state index is 13.6. The Balaban J connectivity index is 2.20. The third-order valence-corrected chi connectivity index (χ3v) is 4.09. The molecule has 0 radical (unpaired) electrons. The zero-order valence-electron chi connectivity index (χ0n) is 12.0. The van der Waals surface area contributed by atoms with Crippen molar-refractivity contribution < 1.29 is 18.0 Å². The van der Waals surface area contributed by atoms with Gasteiger partial charge in [0.1, 0.15) is 5.92 Å². The second-order valence-corrected chi connectivity index (χ2v) is 6.54. The number of alkyl halides is 3. The second-order valence-electron chi connectivity index (χ2n) is 6.54. The van der Waals surface area contributed by atoms with E-state index in [0.717, 1.165) is 0 Å². The van der Waals surface area contributed by atoms with Gasteiger partial charge in [0.15, 0.2) is 11.6 Å². The van der Waals surface area contributed by atoms with Gasteiger partial charge in [-0.2, -0.15) is 18.3 Å². The third-order valence-electron chi connectivity index (χ3n) is 4.09. The Bertz CT molecular complexity index is 655. The summed E-state index contributed by atoms with van der Waals surface area (Å²) in [5, 5.41) is 9.40. The van der Waals surface area contributed by atoms with Crippen LogP contribution in [0.5, 0.6) is 0 Å². The van der Waals surface area contributed by atoms with Crippen LogP contribution in [0.4, 0.5) is 19.0 Å². The summed E-state index contributed by atoms with van der Waals surface area (Å²) >= 11 is 0. The molecule has 2 aliphatic rings. The molecule has 0 aromatic carbocycles. The molecule has 1 aromatic heterocycles. The minimum absolute atomic E-state index is 0.0364. The Morgan fingerprint density at radius 3 is 2.57 bits per heavy atom. The van der Waals surface area contributed by atoms with E-state index in [-0.39, 0.29) is 28.8 Å². The van der Waals surface area contributed by atoms with Gasteiger partial charge in [0, 0.05) is 28.9 Å². The number of carbonyl (C=O) groups excluding carboxylic acids is 1. The van der Waals surface area contributed by atoms with Crippen molar-refractivity contribution in [2.75, 3.05) is 5.32 Å². The molecule has 1 unspecified atom stereocenters. The number of allylic oxidation sites excluding steroid dienone is 2. The smallest absolute Gasteiger partial charge is 0.342 e. The highest BCUT2D eigenvalue weighted by atomic mass is 19.4. The van der Waals surface area contributed by atoms with E-state index in [1.165, 1.54) is 6.92 Å². The third kappa shape index (κ3) is 2.15. The minimum Gasteiger partial charge on any atom is -0.342 e. The van der Waals surface area contributed by atoms with E-state index in [0.29, 0.717) is 17.8 Å². The molecule has 21 heavy (non-hydrogen) atoms. The van der Waals surface area contributed by atoms with Crippen LogP contribution in [0.25, 0.3) is 0 Å². The second kappa shape index (κ2) is 4.11. The molecule has 2 heterocycles. The van der Waals surface area contributed by atoms with Gasteiger partial charge in [-0.25, -0.2) is 0 Å². The number of fused-ring (bicyclic) bond motifs is 1. The fourth-order valence-electron chi connectivity index (χ4n) is 3.28. The molecule has 0 saturated heterocycles. The lowest BCUT2D eigenvalue weighted by Gasteiger charge is -2.38. The first-order valence-corrected chi connectivity index (χ1v) is 6.75. The molecule has 0 fully saturated rings. The monoisotopic (exact) mass is 299 g/mol. The van der Waals surface area contributed by atoms with Gasteiger partial charge < -0.3 is 5.32 Å². The maximum Gasteiger partial charge on any atom is 0.400 e. The molecular weight excluding hydrogens is 283 g/mol. The lowest BCUT2D eigenvalue weighted by molar-refractivity contribution is -0.147. The Kier molecular flexibility index (Phi) is 2.77. The summed E-state index contributed by atoms with van der Waals surface area (Å²) in [4.78, 5) is 12.3. The van der Waals surface area contributed by atoms with Crippen molar-refractivity contribution >= 4 is 11.6 Å². The molecule has 7 heteroatoms. The SMILES string of the molecule is Cc1[nH]nc2c1C(C(F)(F)F)C1=C(CC(C)(C)CC1=O)N2. The molecule has 114 valence electrons. The number of rotatable bonds is 0. The van der Waals surface area contributed by atoms with Crippen LogP contribution in [-0.2, 0) is 4.79 Å². The van der Waals surface area contributed by atoms with Crippen molar-refractivity contribution in [1.82, 2.24) is 10.2 Å². The van der Waals surface area contributed by atoms with Crippen LogP contribution in [0.15, 0.2) is 11.3 Å². The Morgan fingerprint density at radius 2 is 1.95 bits per heavy atom. The van der Waals surface area contributed by atoms with E-state index in [1.807, 2.05) is 13.8 Å². The first kappa shape index (κ1) is 14.2. The number of anilines is 1. The molecule has 0 saturated carbocycles. The van der Waals surface area contributed by atoms with Crippen molar-refractivity contribution in [2.24, 2.45) is 5.41 Å². The minimum atomic E-state index is -4.51. The summed E-state index contributed by atoms with van der Waals surface area (Å²) < 4.78 is 40.7. The van der Waals surface area contributed by atoms with Crippen LogP contribution >= 0.6 is 0 Å². The number of aryl methyl sites for hydroxylation is 1. The van der Waals surface area contributed by atoms with Gasteiger partial charge in [0.05, 0.1) is 0 Å². The molecule has 0 amide bonds. The quantitative estimate of drug-likeness (QED) is 0.771. The number of nitrogens with zero attached hydrogens (tertiary/aromatic N) is 1. The number of carbonyl (C=O) groups is 1. The van der Waals surface area contributed by atoms with Crippen molar-refractivity contribution in [2.45, 2.75) is 45.7 Å². The number of H-pyrrole nitrogens is 1. The molecule has 1 aromatic rings. The topological polar surface area (TPSA) is 57.8 Å². The number of aromatic nitrogens is 2. The molecular formula is C14H16F3N3O. The van der Waals surface area contributed by atoms with Crippen LogP contribution in [-0.4, -0.2) is 22.2 Å². The van der Waals surface area contributed by atoms with E-state index in [9.17, 15) is 18.0 Å². The highest BCUT2D eigenvalue weighted by molar-refractivity contribution is 6.01. The predicted octanol–water partition coefficient (Wildman–Crippen LogP) is 3.43. The highest BCUT2D eigenvalue weighted by Gasteiger charge is 2.52. The zero-order chi connectivity index (χ0) is 15.6. The van der Waals surface area contributed by atoms with Crippen LogP contribution in [0.2, 0.25) is 0 Å². The molecule has 3 rings (SSSR count). The van der Waals surface area contributed by atoms with E-state index in [2.05, 4.69) is 15.5 Å². The van der Waals surface area contributed by atoms with Gasteiger partial charge in [-0.3, -0.25) is 9.89 Å². The van der Waals surface area contributed by atoms with E-state index < -0.39 is 17.9 Å². The molecule has 1 aliphatic heterocycles. The van der Waals surface area contributed by atoms with Crippen molar-refractivity contribution in [3.05, 3.63) is 22.5 Å². The Morgan fingerprint density at radius 1 is 1.29 bits per heavy atom. The largest absolute Gasteiger partial charge is 0.400 e. The van der Waals surface area contributed by atoms with Crippen molar-refractivity contribution in [3.8, 4) is 0 Å². The van der Waals surface area contributed by atoms with Crippen LogP contribution < -0.4 is 5.32 Å². The molecule has 1 atom stereocenters. The average molecular weight is 299 g/mol. The van der Waals surface area contributed by atoms with Crippen LogP contribution in [0, 0.1) is 12.3 Å². The van der Waals surface area contributed by atoms with Crippen molar-refractivity contribution in [1.29, 1.82) is 0 Å². The number of aromatic amines is 1. The number of ketones is 1. The first-order valence-electron chi connectivity index (χ1n) is 6.75. The normalized spacial score (nSPS) is 24.5. The van der Waals surface area contributed by atoms with Crippen molar-refractivity contribution in [3.63, 3.8) is 0 Å². The highest BCUT2D eigenvalue weighted by Crippen LogP contribution is 2.52. The van der Waals surface area contributed by atoms with Gasteiger partial charge in [-0.05, 0) is 18.8 Å². The number of hydrogen-bond acceptors (Lipinski definition) is 3. The van der Waals surface area contributed by atoms with E-state index >= 15 is 0 Å². The van der Waals surface area contributed by atoms with Gasteiger partial charge in [-0.1, -0.05) is 13.8 Å². The Labute approximate surface area is 119 Å². The molecule has 1 aliphatic carbocycles. The summed E-state index contributed by atoms with van der Waals surface area (Å²) in [6.07, 6.45) is -3.97. The predicted molar refractivity (Wildman–Crippen MR) is 70.8 cm³/mol. The molecule has 0 spiro atoms. The maximum atomic E-state index is 13.6. The van der Waals surface area contributed by atoms with Gasteiger partial charge in [0.25, 0.3) is 0 Å². The summed E-state index contributed by atoms with van der Waals surface area (Å²) in [7, 11) is 0. The van der Waals surface area contributed by atoms with E-state index in [1.54, 1.807) is 0 Å². The zero-order valence-corrected chi connectivity index (χ0v) is 12.0. The molecule has 0 bridgehead atoms. The summed E-state index contributed by atoms with van der Waals surface area (Å²) in [5.74, 6) is -2.13. The van der Waals surface area contributed by atoms with Crippen LogP contribution in [0.1, 0.15) is 43.9 Å². The molecule has 4 nitrogen and oxygen atoms in total.